The second-order valence-electron chi connectivity index (χ2n) is 4.04. The highest BCUT2D eigenvalue weighted by atomic mass is 19.1. The molecule has 6 heteroatoms. The number of anilines is 1. The molecule has 0 saturated heterocycles. The Morgan fingerprint density at radius 1 is 1.35 bits per heavy atom. The van der Waals surface area contributed by atoms with Gasteiger partial charge in [0.2, 0.25) is 0 Å². The van der Waals surface area contributed by atoms with E-state index in [1.807, 2.05) is 0 Å². The molecule has 2 aromatic rings. The van der Waals surface area contributed by atoms with Gasteiger partial charge in [0.25, 0.3) is 5.91 Å². The number of nitrogens with zero attached hydrogens (tertiary/aromatic N) is 1. The van der Waals surface area contributed by atoms with Crippen LogP contribution in [0.4, 0.5) is 10.1 Å². The number of benzene rings is 1. The number of carbonyl (C=O) groups excluding carboxylic acids is 1. The molecule has 3 N–H and O–H groups in total. The number of carbonyl (C=O) groups is 1. The summed E-state index contributed by atoms with van der Waals surface area (Å²) in [4.78, 5) is 15.3. The Kier molecular flexibility index (Phi) is 4.49. The Morgan fingerprint density at radius 2 is 2.20 bits per heavy atom. The molecule has 0 bridgehead atoms. The minimum Gasteiger partial charge on any atom is -0.492 e. The summed E-state index contributed by atoms with van der Waals surface area (Å²) in [5, 5.41) is 2.62. The summed E-state index contributed by atoms with van der Waals surface area (Å²) in [6.07, 6.45) is 0.998. The van der Waals surface area contributed by atoms with Gasteiger partial charge in [0.1, 0.15) is 23.9 Å². The van der Waals surface area contributed by atoms with E-state index in [0.717, 1.165) is 6.20 Å². The van der Waals surface area contributed by atoms with Gasteiger partial charge in [-0.3, -0.25) is 4.79 Å². The zero-order valence-corrected chi connectivity index (χ0v) is 10.7. The molecule has 1 heterocycles. The van der Waals surface area contributed by atoms with Crippen LogP contribution >= 0.6 is 0 Å². The fourth-order valence-electron chi connectivity index (χ4n) is 1.54. The number of halogens is 1. The van der Waals surface area contributed by atoms with Gasteiger partial charge in [0.15, 0.2) is 0 Å². The maximum Gasteiger partial charge on any atom is 0.269 e. The van der Waals surface area contributed by atoms with Crippen LogP contribution in [0.3, 0.4) is 0 Å². The molecule has 0 spiro atoms. The normalized spacial score (nSPS) is 10.1. The largest absolute Gasteiger partial charge is 0.492 e. The summed E-state index contributed by atoms with van der Waals surface area (Å²) in [6.45, 7) is 0.614. The van der Waals surface area contributed by atoms with Gasteiger partial charge >= 0.3 is 0 Å². The van der Waals surface area contributed by atoms with Crippen molar-refractivity contribution in [2.24, 2.45) is 0 Å². The molecule has 0 aliphatic heterocycles. The lowest BCUT2D eigenvalue weighted by molar-refractivity contribution is 0.0942. The number of hydrogen-bond acceptors (Lipinski definition) is 4. The minimum atomic E-state index is -0.480. The first-order valence-corrected chi connectivity index (χ1v) is 6.03. The molecule has 0 unspecified atom stereocenters. The van der Waals surface area contributed by atoms with Gasteiger partial charge in [-0.25, -0.2) is 9.37 Å². The summed E-state index contributed by atoms with van der Waals surface area (Å²) in [5.74, 6) is -0.216. The first kappa shape index (κ1) is 13.8. The number of nitrogens with one attached hydrogen (secondary N) is 1. The molecule has 1 aromatic carbocycles. The Bertz CT molecular complexity index is 587. The van der Waals surface area contributed by atoms with Crippen molar-refractivity contribution >= 4 is 11.6 Å². The average Bonchev–Trinajstić information content (AvgIpc) is 2.44. The number of amides is 1. The molecule has 20 heavy (non-hydrogen) atoms. The minimum absolute atomic E-state index is 0.162. The van der Waals surface area contributed by atoms with Crippen LogP contribution < -0.4 is 15.8 Å². The zero-order valence-electron chi connectivity index (χ0n) is 10.7. The van der Waals surface area contributed by atoms with Gasteiger partial charge in [0, 0.05) is 11.8 Å². The molecule has 0 radical (unpaired) electrons. The fourth-order valence-corrected chi connectivity index (χ4v) is 1.54. The lowest BCUT2D eigenvalue weighted by Gasteiger charge is -2.08. The van der Waals surface area contributed by atoms with Gasteiger partial charge in [0.05, 0.1) is 12.7 Å². The topological polar surface area (TPSA) is 77.2 Å². The molecule has 5 nitrogen and oxygen atoms in total. The van der Waals surface area contributed by atoms with Crippen LogP contribution in [0.1, 0.15) is 10.5 Å². The van der Waals surface area contributed by atoms with E-state index in [1.54, 1.807) is 24.3 Å². The summed E-state index contributed by atoms with van der Waals surface area (Å²) in [6, 6.07) is 9.53. The van der Waals surface area contributed by atoms with Gasteiger partial charge in [-0.2, -0.15) is 0 Å². The van der Waals surface area contributed by atoms with Crippen LogP contribution in [0.15, 0.2) is 42.6 Å². The highest BCUT2D eigenvalue weighted by Gasteiger charge is 2.06. The van der Waals surface area contributed by atoms with E-state index in [1.165, 1.54) is 12.1 Å². The average molecular weight is 275 g/mol. The lowest BCUT2D eigenvalue weighted by atomic mass is 10.3. The van der Waals surface area contributed by atoms with E-state index < -0.39 is 5.82 Å². The molecule has 0 aliphatic rings. The van der Waals surface area contributed by atoms with E-state index in [-0.39, 0.29) is 11.6 Å². The highest BCUT2D eigenvalue weighted by Crippen LogP contribution is 2.13. The van der Waals surface area contributed by atoms with Crippen molar-refractivity contribution in [3.8, 4) is 5.75 Å². The van der Waals surface area contributed by atoms with Gasteiger partial charge < -0.3 is 15.8 Å². The predicted octanol–water partition coefficient (Wildman–Crippen LogP) is 1.61. The molecule has 1 amide bonds. The molecule has 2 rings (SSSR count). The third kappa shape index (κ3) is 3.94. The third-order valence-electron chi connectivity index (χ3n) is 2.47. The number of nitrogen functional groups attached to an aromatic ring is 1. The molecule has 104 valence electrons. The monoisotopic (exact) mass is 275 g/mol. The van der Waals surface area contributed by atoms with Gasteiger partial charge in [-0.1, -0.05) is 6.07 Å². The molecular weight excluding hydrogens is 261 g/mol. The number of hydrogen-bond donors (Lipinski definition) is 2. The SMILES string of the molecule is Nc1cccc(OCCNC(=O)c2ccc(F)cn2)c1. The van der Waals surface area contributed by atoms with Crippen molar-refractivity contribution in [2.45, 2.75) is 0 Å². The smallest absolute Gasteiger partial charge is 0.269 e. The molecule has 0 aliphatic carbocycles. The summed E-state index contributed by atoms with van der Waals surface area (Å²) in [5.41, 5.74) is 6.39. The van der Waals surface area contributed by atoms with Gasteiger partial charge in [-0.05, 0) is 24.3 Å². The maximum absolute atomic E-state index is 12.7. The predicted molar refractivity (Wildman–Crippen MR) is 72.9 cm³/mol. The first-order valence-electron chi connectivity index (χ1n) is 6.03. The summed E-state index contributed by atoms with van der Waals surface area (Å²) < 4.78 is 18.1. The number of rotatable bonds is 5. The summed E-state index contributed by atoms with van der Waals surface area (Å²) >= 11 is 0. The number of ether oxygens (including phenoxy) is 1. The maximum atomic E-state index is 12.7. The van der Waals surface area contributed by atoms with E-state index >= 15 is 0 Å². The number of aromatic nitrogens is 1. The second-order valence-corrected chi connectivity index (χ2v) is 4.04. The Hall–Kier alpha value is -2.63. The van der Waals surface area contributed by atoms with Gasteiger partial charge in [-0.15, -0.1) is 0 Å². The zero-order chi connectivity index (χ0) is 14.4. The Labute approximate surface area is 115 Å². The van der Waals surface area contributed by atoms with Crippen LogP contribution in [-0.2, 0) is 0 Å². The molecule has 0 fully saturated rings. The third-order valence-corrected chi connectivity index (χ3v) is 2.47. The fraction of sp³-hybridized carbons (Fsp3) is 0.143. The Morgan fingerprint density at radius 3 is 2.90 bits per heavy atom. The second kappa shape index (κ2) is 6.51. The van der Waals surface area contributed by atoms with Crippen molar-refractivity contribution in [3.05, 3.63) is 54.1 Å². The van der Waals surface area contributed by atoms with Crippen LogP contribution in [0.25, 0.3) is 0 Å². The van der Waals surface area contributed by atoms with Crippen molar-refractivity contribution in [2.75, 3.05) is 18.9 Å². The molecular formula is C14H14FN3O2. The summed E-state index contributed by atoms with van der Waals surface area (Å²) in [7, 11) is 0. The number of pyridine rings is 1. The van der Waals surface area contributed by atoms with Crippen molar-refractivity contribution in [3.63, 3.8) is 0 Å². The van der Waals surface area contributed by atoms with Crippen molar-refractivity contribution in [1.29, 1.82) is 0 Å². The molecule has 1 aromatic heterocycles. The quantitative estimate of drug-likeness (QED) is 0.642. The number of nitrogens with two attached hydrogens (primary N) is 1. The van der Waals surface area contributed by atoms with Crippen molar-refractivity contribution in [1.82, 2.24) is 10.3 Å². The first-order chi connectivity index (χ1) is 9.65. The molecule has 0 atom stereocenters. The van der Waals surface area contributed by atoms with E-state index in [4.69, 9.17) is 10.5 Å². The van der Waals surface area contributed by atoms with E-state index in [2.05, 4.69) is 10.3 Å². The van der Waals surface area contributed by atoms with Crippen LogP contribution in [0.5, 0.6) is 5.75 Å². The van der Waals surface area contributed by atoms with Crippen molar-refractivity contribution < 1.29 is 13.9 Å². The highest BCUT2D eigenvalue weighted by molar-refractivity contribution is 5.92. The van der Waals surface area contributed by atoms with Crippen LogP contribution in [0, 0.1) is 5.82 Å². The molecule has 0 saturated carbocycles. The lowest BCUT2D eigenvalue weighted by Crippen LogP contribution is -2.28. The van der Waals surface area contributed by atoms with Crippen LogP contribution in [-0.4, -0.2) is 24.0 Å². The van der Waals surface area contributed by atoms with E-state index in [0.29, 0.717) is 24.6 Å². The Balaban J connectivity index is 1.76. The van der Waals surface area contributed by atoms with E-state index in [9.17, 15) is 9.18 Å². The standard InChI is InChI=1S/C14H14FN3O2/c15-10-4-5-13(18-9-10)14(19)17-6-7-20-12-3-1-2-11(16)8-12/h1-5,8-9H,6-7,16H2,(H,17,19). The van der Waals surface area contributed by atoms with Crippen LogP contribution in [0.2, 0.25) is 0 Å².